The molecule has 0 saturated heterocycles. The number of carbonyl (C=O) groups excluding carboxylic acids is 1. The van der Waals surface area contributed by atoms with E-state index in [4.69, 9.17) is 4.42 Å². The Balaban J connectivity index is 2.31. The lowest BCUT2D eigenvalue weighted by atomic mass is 10.2. The van der Waals surface area contributed by atoms with Crippen LogP contribution in [-0.2, 0) is 4.74 Å². The first-order valence-corrected chi connectivity index (χ1v) is 5.58. The summed E-state index contributed by atoms with van der Waals surface area (Å²) in [5, 5.41) is 0. The highest BCUT2D eigenvalue weighted by atomic mass is 127. The van der Waals surface area contributed by atoms with E-state index in [1.807, 2.05) is 24.3 Å². The Morgan fingerprint density at radius 2 is 2.06 bits per heavy atom. The predicted molar refractivity (Wildman–Crippen MR) is 66.0 cm³/mol. The number of aromatic nitrogens is 1. The number of benzene rings is 1. The van der Waals surface area contributed by atoms with Crippen molar-refractivity contribution in [2.45, 2.75) is 0 Å². The van der Waals surface area contributed by atoms with Crippen molar-refractivity contribution in [3.8, 4) is 11.5 Å². The largest absolute Gasteiger partial charge is 0.464 e. The van der Waals surface area contributed by atoms with Crippen LogP contribution >= 0.6 is 22.6 Å². The van der Waals surface area contributed by atoms with Crippen molar-refractivity contribution in [3.63, 3.8) is 0 Å². The first-order chi connectivity index (χ1) is 7.70. The van der Waals surface area contributed by atoms with Gasteiger partial charge in [0.1, 0.15) is 6.26 Å². The highest BCUT2D eigenvalue weighted by Gasteiger charge is 2.13. The molecular formula is C11H8INO3. The van der Waals surface area contributed by atoms with Crippen molar-refractivity contribution >= 4 is 28.6 Å². The predicted octanol–water partition coefficient (Wildman–Crippen LogP) is 2.73. The molecule has 4 nitrogen and oxygen atoms in total. The third-order valence-electron chi connectivity index (χ3n) is 1.99. The molecule has 16 heavy (non-hydrogen) atoms. The van der Waals surface area contributed by atoms with E-state index in [0.717, 1.165) is 9.13 Å². The van der Waals surface area contributed by atoms with Gasteiger partial charge in [-0.1, -0.05) is 0 Å². The monoisotopic (exact) mass is 329 g/mol. The van der Waals surface area contributed by atoms with Gasteiger partial charge in [0.25, 0.3) is 0 Å². The van der Waals surface area contributed by atoms with Crippen molar-refractivity contribution in [3.05, 3.63) is 39.8 Å². The van der Waals surface area contributed by atoms with Gasteiger partial charge in [-0.25, -0.2) is 9.78 Å². The molecular weight excluding hydrogens is 321 g/mol. The van der Waals surface area contributed by atoms with Gasteiger partial charge in [-0.05, 0) is 46.9 Å². The van der Waals surface area contributed by atoms with E-state index >= 15 is 0 Å². The zero-order valence-electron chi connectivity index (χ0n) is 8.44. The molecule has 0 aliphatic heterocycles. The molecule has 1 heterocycles. The number of nitrogens with zero attached hydrogens (tertiary/aromatic N) is 1. The first-order valence-electron chi connectivity index (χ1n) is 4.50. The summed E-state index contributed by atoms with van der Waals surface area (Å²) in [6.45, 7) is 0. The summed E-state index contributed by atoms with van der Waals surface area (Å²) in [6, 6.07) is 7.65. The molecule has 2 rings (SSSR count). The molecule has 2 aromatic rings. The maximum absolute atomic E-state index is 11.2. The SMILES string of the molecule is COC(=O)c1coc(-c2ccc(I)cc2)n1. The van der Waals surface area contributed by atoms with Gasteiger partial charge in [-0.15, -0.1) is 0 Å². The molecule has 0 amide bonds. The summed E-state index contributed by atoms with van der Waals surface area (Å²) in [6.07, 6.45) is 1.29. The summed E-state index contributed by atoms with van der Waals surface area (Å²) in [7, 11) is 1.31. The van der Waals surface area contributed by atoms with Crippen LogP contribution in [0.3, 0.4) is 0 Å². The second kappa shape index (κ2) is 4.65. The van der Waals surface area contributed by atoms with Crippen molar-refractivity contribution in [1.29, 1.82) is 0 Å². The summed E-state index contributed by atoms with van der Waals surface area (Å²) in [4.78, 5) is 15.2. The van der Waals surface area contributed by atoms with Crippen LogP contribution in [0.5, 0.6) is 0 Å². The molecule has 0 fully saturated rings. The Kier molecular flexibility index (Phi) is 3.23. The Hall–Kier alpha value is -1.37. The van der Waals surface area contributed by atoms with E-state index in [9.17, 15) is 4.79 Å². The maximum Gasteiger partial charge on any atom is 0.360 e. The van der Waals surface area contributed by atoms with Gasteiger partial charge in [-0.2, -0.15) is 0 Å². The van der Waals surface area contributed by atoms with Crippen LogP contribution in [0.1, 0.15) is 10.5 Å². The fraction of sp³-hybridized carbons (Fsp3) is 0.0909. The number of methoxy groups -OCH3 is 1. The van der Waals surface area contributed by atoms with Gasteiger partial charge in [-0.3, -0.25) is 0 Å². The number of hydrogen-bond acceptors (Lipinski definition) is 4. The molecule has 0 aliphatic rings. The first kappa shape index (κ1) is 11.1. The van der Waals surface area contributed by atoms with Crippen LogP contribution in [0.2, 0.25) is 0 Å². The fourth-order valence-corrected chi connectivity index (χ4v) is 1.56. The molecule has 0 bridgehead atoms. The smallest absolute Gasteiger partial charge is 0.360 e. The molecule has 0 saturated carbocycles. The molecule has 5 heteroatoms. The summed E-state index contributed by atoms with van der Waals surface area (Å²) in [5.74, 6) is -0.0858. The second-order valence-electron chi connectivity index (χ2n) is 3.04. The zero-order chi connectivity index (χ0) is 11.5. The average Bonchev–Trinajstić information content (AvgIpc) is 2.78. The fourth-order valence-electron chi connectivity index (χ4n) is 1.20. The van der Waals surface area contributed by atoms with Crippen molar-refractivity contribution in [2.75, 3.05) is 7.11 Å². The van der Waals surface area contributed by atoms with E-state index < -0.39 is 5.97 Å². The number of rotatable bonds is 2. The highest BCUT2D eigenvalue weighted by molar-refractivity contribution is 14.1. The standard InChI is InChI=1S/C11H8INO3/c1-15-11(14)9-6-16-10(13-9)7-2-4-8(12)5-3-7/h2-6H,1H3. The van der Waals surface area contributed by atoms with Crippen LogP contribution in [0.4, 0.5) is 0 Å². The van der Waals surface area contributed by atoms with E-state index in [1.165, 1.54) is 13.4 Å². The van der Waals surface area contributed by atoms with Crippen LogP contribution in [0.15, 0.2) is 34.9 Å². The Bertz CT molecular complexity index is 504. The van der Waals surface area contributed by atoms with Crippen LogP contribution < -0.4 is 0 Å². The van der Waals surface area contributed by atoms with Gasteiger partial charge < -0.3 is 9.15 Å². The quantitative estimate of drug-likeness (QED) is 0.628. The number of carbonyl (C=O) groups is 1. The third-order valence-corrected chi connectivity index (χ3v) is 2.71. The van der Waals surface area contributed by atoms with Gasteiger partial charge in [0.15, 0.2) is 5.69 Å². The minimum absolute atomic E-state index is 0.177. The number of oxazole rings is 1. The van der Waals surface area contributed by atoms with Crippen LogP contribution in [0, 0.1) is 3.57 Å². The Labute approximate surface area is 106 Å². The topological polar surface area (TPSA) is 52.3 Å². The number of halogens is 1. The number of ether oxygens (including phenoxy) is 1. The molecule has 0 aliphatic carbocycles. The molecule has 0 atom stereocenters. The van der Waals surface area contributed by atoms with Gasteiger partial charge >= 0.3 is 5.97 Å². The van der Waals surface area contributed by atoms with E-state index in [-0.39, 0.29) is 5.69 Å². The van der Waals surface area contributed by atoms with E-state index in [2.05, 4.69) is 32.3 Å². The van der Waals surface area contributed by atoms with Crippen molar-refractivity contribution < 1.29 is 13.9 Å². The molecule has 0 radical (unpaired) electrons. The molecule has 1 aromatic carbocycles. The minimum Gasteiger partial charge on any atom is -0.464 e. The lowest BCUT2D eigenvalue weighted by Gasteiger charge is -1.94. The zero-order valence-corrected chi connectivity index (χ0v) is 10.6. The van der Waals surface area contributed by atoms with Gasteiger partial charge in [0.2, 0.25) is 5.89 Å². The lowest BCUT2D eigenvalue weighted by Crippen LogP contribution is -2.00. The summed E-state index contributed by atoms with van der Waals surface area (Å²) < 4.78 is 10.9. The van der Waals surface area contributed by atoms with Crippen LogP contribution in [0.25, 0.3) is 11.5 Å². The Morgan fingerprint density at radius 1 is 1.38 bits per heavy atom. The molecule has 0 spiro atoms. The Morgan fingerprint density at radius 3 is 2.69 bits per heavy atom. The number of esters is 1. The van der Waals surface area contributed by atoms with E-state index in [1.54, 1.807) is 0 Å². The van der Waals surface area contributed by atoms with Crippen molar-refractivity contribution in [2.24, 2.45) is 0 Å². The maximum atomic E-state index is 11.2. The molecule has 82 valence electrons. The third kappa shape index (κ3) is 2.24. The number of hydrogen-bond donors (Lipinski definition) is 0. The van der Waals surface area contributed by atoms with Crippen LogP contribution in [-0.4, -0.2) is 18.1 Å². The molecule has 1 aromatic heterocycles. The van der Waals surface area contributed by atoms with Gasteiger partial charge in [0.05, 0.1) is 7.11 Å². The summed E-state index contributed by atoms with van der Waals surface area (Å²) in [5.41, 5.74) is 1.01. The van der Waals surface area contributed by atoms with E-state index in [0.29, 0.717) is 5.89 Å². The second-order valence-corrected chi connectivity index (χ2v) is 4.28. The normalized spacial score (nSPS) is 10.1. The minimum atomic E-state index is -0.500. The molecule has 0 unspecified atom stereocenters. The highest BCUT2D eigenvalue weighted by Crippen LogP contribution is 2.19. The van der Waals surface area contributed by atoms with Crippen molar-refractivity contribution in [1.82, 2.24) is 4.98 Å². The summed E-state index contributed by atoms with van der Waals surface area (Å²) >= 11 is 2.21. The molecule has 0 N–H and O–H groups in total. The average molecular weight is 329 g/mol. The van der Waals surface area contributed by atoms with Gasteiger partial charge in [0, 0.05) is 9.13 Å². The lowest BCUT2D eigenvalue weighted by molar-refractivity contribution is 0.0594.